The Morgan fingerprint density at radius 3 is 3.06 bits per heavy atom. The fourth-order valence-electron chi connectivity index (χ4n) is 1.67. The monoisotopic (exact) mass is 236 g/mol. The summed E-state index contributed by atoms with van der Waals surface area (Å²) in [4.78, 5) is 15.6. The molecule has 1 unspecified atom stereocenters. The highest BCUT2D eigenvalue weighted by Crippen LogP contribution is 2.21. The number of aromatic nitrogens is 1. The molecule has 2 rings (SSSR count). The molecule has 92 valence electrons. The Kier molecular flexibility index (Phi) is 3.40. The summed E-state index contributed by atoms with van der Waals surface area (Å²) >= 11 is 0. The van der Waals surface area contributed by atoms with Crippen LogP contribution in [0.3, 0.4) is 0 Å². The molecule has 1 aliphatic heterocycles. The van der Waals surface area contributed by atoms with Gasteiger partial charge in [-0.25, -0.2) is 0 Å². The van der Waals surface area contributed by atoms with Gasteiger partial charge in [0.25, 0.3) is 5.91 Å². The molecule has 0 radical (unpaired) electrons. The number of rotatable bonds is 3. The molecule has 0 aromatic carbocycles. The van der Waals surface area contributed by atoms with E-state index in [9.17, 15) is 4.79 Å². The highest BCUT2D eigenvalue weighted by atomic mass is 16.7. The number of amides is 1. The molecule has 1 aromatic heterocycles. The fourth-order valence-corrected chi connectivity index (χ4v) is 1.67. The molecule has 1 aliphatic rings. The number of nitrogens with zero attached hydrogens (tertiary/aromatic N) is 1. The van der Waals surface area contributed by atoms with Crippen LogP contribution in [-0.2, 0) is 9.47 Å². The first-order chi connectivity index (χ1) is 8.07. The van der Waals surface area contributed by atoms with Crippen molar-refractivity contribution < 1.29 is 14.3 Å². The van der Waals surface area contributed by atoms with Gasteiger partial charge in [-0.05, 0) is 26.0 Å². The van der Waals surface area contributed by atoms with Crippen molar-refractivity contribution in [2.45, 2.75) is 25.7 Å². The van der Waals surface area contributed by atoms with Gasteiger partial charge in [0.05, 0.1) is 12.2 Å². The molecule has 1 amide bonds. The molecule has 1 saturated heterocycles. The lowest BCUT2D eigenvalue weighted by Crippen LogP contribution is -2.34. The number of carbonyl (C=O) groups is 1. The van der Waals surface area contributed by atoms with Crippen LogP contribution in [0.15, 0.2) is 24.5 Å². The number of ether oxygens (including phenoxy) is 2. The van der Waals surface area contributed by atoms with E-state index in [0.717, 1.165) is 0 Å². The van der Waals surface area contributed by atoms with Crippen LogP contribution in [0.2, 0.25) is 0 Å². The first-order valence-electron chi connectivity index (χ1n) is 5.57. The van der Waals surface area contributed by atoms with E-state index in [1.807, 2.05) is 13.8 Å². The van der Waals surface area contributed by atoms with Crippen molar-refractivity contribution in [1.29, 1.82) is 0 Å². The average Bonchev–Trinajstić information content (AvgIpc) is 2.67. The lowest BCUT2D eigenvalue weighted by atomic mass is 10.2. The van der Waals surface area contributed by atoms with Gasteiger partial charge < -0.3 is 14.8 Å². The van der Waals surface area contributed by atoms with Gasteiger partial charge in [0.1, 0.15) is 6.10 Å². The zero-order valence-electron chi connectivity index (χ0n) is 9.97. The molecule has 1 atom stereocenters. The summed E-state index contributed by atoms with van der Waals surface area (Å²) in [6.45, 7) is 4.66. The zero-order chi connectivity index (χ0) is 12.3. The highest BCUT2D eigenvalue weighted by Gasteiger charge is 2.32. The van der Waals surface area contributed by atoms with Crippen LogP contribution in [0.4, 0.5) is 0 Å². The van der Waals surface area contributed by atoms with E-state index in [1.165, 1.54) is 6.20 Å². The van der Waals surface area contributed by atoms with Crippen molar-refractivity contribution in [2.75, 3.05) is 13.2 Å². The maximum Gasteiger partial charge on any atom is 0.252 e. The van der Waals surface area contributed by atoms with Gasteiger partial charge in [-0.1, -0.05) is 0 Å². The van der Waals surface area contributed by atoms with Crippen LogP contribution >= 0.6 is 0 Å². The summed E-state index contributed by atoms with van der Waals surface area (Å²) in [6, 6.07) is 3.45. The maximum absolute atomic E-state index is 11.7. The number of pyridine rings is 1. The van der Waals surface area contributed by atoms with Crippen molar-refractivity contribution in [3.8, 4) is 0 Å². The van der Waals surface area contributed by atoms with Gasteiger partial charge in [-0.3, -0.25) is 9.78 Å². The molecule has 0 aliphatic carbocycles. The first kappa shape index (κ1) is 12.0. The Bertz CT molecular complexity index is 392. The largest absolute Gasteiger partial charge is 0.349 e. The minimum Gasteiger partial charge on any atom is -0.349 e. The second-order valence-electron chi connectivity index (χ2n) is 4.40. The Hall–Kier alpha value is -1.46. The predicted octanol–water partition coefficient (Wildman–Crippen LogP) is 0.963. The quantitative estimate of drug-likeness (QED) is 0.849. The number of nitrogens with one attached hydrogen (secondary N) is 1. The second-order valence-corrected chi connectivity index (χ2v) is 4.40. The Morgan fingerprint density at radius 1 is 1.65 bits per heavy atom. The normalized spacial score (nSPS) is 22.4. The minimum atomic E-state index is -0.552. The molecule has 5 heteroatoms. The van der Waals surface area contributed by atoms with E-state index in [4.69, 9.17) is 9.47 Å². The summed E-state index contributed by atoms with van der Waals surface area (Å²) in [5, 5.41) is 2.79. The molecule has 0 spiro atoms. The van der Waals surface area contributed by atoms with Gasteiger partial charge in [0, 0.05) is 18.9 Å². The molecule has 1 aromatic rings. The summed E-state index contributed by atoms with van der Waals surface area (Å²) in [6.07, 6.45) is 3.07. The van der Waals surface area contributed by atoms with Crippen LogP contribution in [-0.4, -0.2) is 35.9 Å². The van der Waals surface area contributed by atoms with Crippen molar-refractivity contribution in [1.82, 2.24) is 10.3 Å². The van der Waals surface area contributed by atoms with E-state index in [0.29, 0.717) is 18.7 Å². The van der Waals surface area contributed by atoms with Crippen LogP contribution in [0.5, 0.6) is 0 Å². The van der Waals surface area contributed by atoms with Gasteiger partial charge in [-0.2, -0.15) is 0 Å². The van der Waals surface area contributed by atoms with E-state index >= 15 is 0 Å². The Balaban J connectivity index is 1.82. The molecule has 17 heavy (non-hydrogen) atoms. The number of hydrogen-bond donors (Lipinski definition) is 1. The minimum absolute atomic E-state index is 0.0920. The first-order valence-corrected chi connectivity index (χ1v) is 5.57. The number of carbonyl (C=O) groups excluding carboxylic acids is 1. The molecule has 0 bridgehead atoms. The van der Waals surface area contributed by atoms with E-state index in [2.05, 4.69) is 10.3 Å². The highest BCUT2D eigenvalue weighted by molar-refractivity contribution is 5.93. The van der Waals surface area contributed by atoms with Crippen LogP contribution < -0.4 is 5.32 Å². The summed E-state index contributed by atoms with van der Waals surface area (Å²) < 4.78 is 11.0. The summed E-state index contributed by atoms with van der Waals surface area (Å²) in [5.74, 6) is -0.699. The smallest absolute Gasteiger partial charge is 0.252 e. The maximum atomic E-state index is 11.7. The molecular formula is C12H16N2O3. The van der Waals surface area contributed by atoms with Gasteiger partial charge in [0.2, 0.25) is 0 Å². The Morgan fingerprint density at radius 2 is 2.47 bits per heavy atom. The lowest BCUT2D eigenvalue weighted by Gasteiger charge is -2.17. The molecule has 5 nitrogen and oxygen atoms in total. The number of hydrogen-bond acceptors (Lipinski definition) is 4. The van der Waals surface area contributed by atoms with Gasteiger partial charge >= 0.3 is 0 Å². The van der Waals surface area contributed by atoms with E-state index < -0.39 is 5.79 Å². The van der Waals surface area contributed by atoms with E-state index in [1.54, 1.807) is 18.3 Å². The SMILES string of the molecule is CC1(C)OCC(CNC(=O)c2cccnc2)O1. The molecule has 2 heterocycles. The summed E-state index contributed by atoms with van der Waals surface area (Å²) in [7, 11) is 0. The molecule has 0 saturated carbocycles. The van der Waals surface area contributed by atoms with Crippen molar-refractivity contribution in [2.24, 2.45) is 0 Å². The lowest BCUT2D eigenvalue weighted by molar-refractivity contribution is -0.137. The van der Waals surface area contributed by atoms with Crippen LogP contribution in [0, 0.1) is 0 Å². The third-order valence-electron chi connectivity index (χ3n) is 2.48. The van der Waals surface area contributed by atoms with Crippen LogP contribution in [0.25, 0.3) is 0 Å². The third kappa shape index (κ3) is 3.25. The summed E-state index contributed by atoms with van der Waals surface area (Å²) in [5.41, 5.74) is 0.547. The average molecular weight is 236 g/mol. The second kappa shape index (κ2) is 4.81. The molecule has 1 N–H and O–H groups in total. The topological polar surface area (TPSA) is 60.5 Å². The van der Waals surface area contributed by atoms with Crippen molar-refractivity contribution in [3.05, 3.63) is 30.1 Å². The predicted molar refractivity (Wildman–Crippen MR) is 61.5 cm³/mol. The van der Waals surface area contributed by atoms with Gasteiger partial charge in [0.15, 0.2) is 5.79 Å². The van der Waals surface area contributed by atoms with Crippen molar-refractivity contribution in [3.63, 3.8) is 0 Å². The van der Waals surface area contributed by atoms with Crippen LogP contribution in [0.1, 0.15) is 24.2 Å². The fraction of sp³-hybridized carbons (Fsp3) is 0.500. The van der Waals surface area contributed by atoms with E-state index in [-0.39, 0.29) is 12.0 Å². The third-order valence-corrected chi connectivity index (χ3v) is 2.48. The van der Waals surface area contributed by atoms with Gasteiger partial charge in [-0.15, -0.1) is 0 Å². The molecular weight excluding hydrogens is 220 g/mol. The molecule has 1 fully saturated rings. The Labute approximate surface area is 100 Å². The van der Waals surface area contributed by atoms with Crippen molar-refractivity contribution >= 4 is 5.91 Å². The zero-order valence-corrected chi connectivity index (χ0v) is 9.97. The standard InChI is InChI=1S/C12H16N2O3/c1-12(2)16-8-10(17-12)7-14-11(15)9-4-3-5-13-6-9/h3-6,10H,7-8H2,1-2H3,(H,14,15).